The maximum atomic E-state index is 6.15. The topological polar surface area (TPSA) is 22.1 Å². The molecule has 27 heavy (non-hydrogen) atoms. The summed E-state index contributed by atoms with van der Waals surface area (Å²) in [6.07, 6.45) is 0.975. The molecular weight excluding hydrogens is 350 g/mol. The number of nitrogens with zero attached hydrogens (tertiary/aromatic N) is 1. The normalized spacial score (nSPS) is 12.9. The van der Waals surface area contributed by atoms with E-state index in [0.29, 0.717) is 0 Å². The third kappa shape index (κ3) is 2.83. The second-order valence-corrected chi connectivity index (χ2v) is 9.03. The van der Waals surface area contributed by atoms with Crippen LogP contribution in [-0.2, 0) is 6.42 Å². The lowest BCUT2D eigenvalue weighted by Gasteiger charge is -2.21. The molecule has 4 aromatic rings. The van der Waals surface area contributed by atoms with Gasteiger partial charge in [-0.3, -0.25) is 0 Å². The Labute approximate surface area is 163 Å². The van der Waals surface area contributed by atoms with E-state index in [0.717, 1.165) is 22.7 Å². The minimum atomic E-state index is -0.242. The van der Waals surface area contributed by atoms with Crippen molar-refractivity contribution in [3.05, 3.63) is 71.8 Å². The Kier molecular flexibility index (Phi) is 3.63. The predicted molar refractivity (Wildman–Crippen MR) is 114 cm³/mol. The van der Waals surface area contributed by atoms with Crippen LogP contribution in [0.3, 0.4) is 0 Å². The van der Waals surface area contributed by atoms with Gasteiger partial charge in [0.05, 0.1) is 4.70 Å². The zero-order valence-electron chi connectivity index (χ0n) is 15.7. The van der Waals surface area contributed by atoms with E-state index in [-0.39, 0.29) is 5.60 Å². The number of ether oxygens (including phenoxy) is 1. The highest BCUT2D eigenvalue weighted by molar-refractivity contribution is 7.21. The Morgan fingerprint density at radius 3 is 2.44 bits per heavy atom. The number of benzene rings is 3. The monoisotopic (exact) mass is 371 g/mol. The predicted octanol–water partition coefficient (Wildman–Crippen LogP) is 6.71. The lowest BCUT2D eigenvalue weighted by Crippen LogP contribution is -2.23. The Morgan fingerprint density at radius 2 is 1.59 bits per heavy atom. The number of thiazole rings is 1. The van der Waals surface area contributed by atoms with Gasteiger partial charge in [0.15, 0.2) is 0 Å². The molecule has 0 radical (unpaired) electrons. The van der Waals surface area contributed by atoms with Gasteiger partial charge in [0.1, 0.15) is 21.9 Å². The molecule has 1 aliphatic carbocycles. The number of hydrogen-bond donors (Lipinski definition) is 0. The summed E-state index contributed by atoms with van der Waals surface area (Å²) in [4.78, 5) is 5.00. The van der Waals surface area contributed by atoms with Crippen molar-refractivity contribution in [2.45, 2.75) is 32.8 Å². The molecule has 0 spiro atoms. The molecule has 0 saturated carbocycles. The van der Waals surface area contributed by atoms with E-state index in [4.69, 9.17) is 9.72 Å². The van der Waals surface area contributed by atoms with Gasteiger partial charge in [0.25, 0.3) is 0 Å². The van der Waals surface area contributed by atoms with Crippen LogP contribution in [0.2, 0.25) is 0 Å². The van der Waals surface area contributed by atoms with Crippen molar-refractivity contribution in [3.8, 4) is 27.4 Å². The van der Waals surface area contributed by atoms with Crippen molar-refractivity contribution in [1.29, 1.82) is 0 Å². The van der Waals surface area contributed by atoms with Crippen LogP contribution in [0.1, 0.15) is 31.9 Å². The van der Waals surface area contributed by atoms with E-state index in [9.17, 15) is 0 Å². The van der Waals surface area contributed by atoms with Crippen molar-refractivity contribution < 1.29 is 4.74 Å². The zero-order valence-corrected chi connectivity index (χ0v) is 16.6. The lowest BCUT2D eigenvalue weighted by molar-refractivity contribution is 0.133. The fourth-order valence-electron chi connectivity index (χ4n) is 3.81. The smallest absolute Gasteiger partial charge is 0.147 e. The second-order valence-electron chi connectivity index (χ2n) is 8.00. The Morgan fingerprint density at radius 1 is 0.852 bits per heavy atom. The molecule has 1 aromatic heterocycles. The molecule has 0 bridgehead atoms. The largest absolute Gasteiger partial charge is 0.486 e. The summed E-state index contributed by atoms with van der Waals surface area (Å²) in [5.41, 5.74) is 7.44. The van der Waals surface area contributed by atoms with Crippen LogP contribution in [0.25, 0.3) is 31.9 Å². The Hall–Kier alpha value is -2.65. The van der Waals surface area contributed by atoms with Crippen LogP contribution in [0.4, 0.5) is 0 Å². The molecule has 0 aliphatic heterocycles. The zero-order chi connectivity index (χ0) is 18.6. The number of hydrogen-bond acceptors (Lipinski definition) is 3. The van der Waals surface area contributed by atoms with E-state index in [1.165, 1.54) is 32.5 Å². The molecule has 2 nitrogen and oxygen atoms in total. The maximum absolute atomic E-state index is 6.15. The van der Waals surface area contributed by atoms with Gasteiger partial charge in [-0.25, -0.2) is 4.98 Å². The van der Waals surface area contributed by atoms with E-state index in [1.807, 2.05) is 6.07 Å². The highest BCUT2D eigenvalue weighted by Crippen LogP contribution is 2.44. The minimum absolute atomic E-state index is 0.242. The number of para-hydroxylation sites is 1. The average Bonchev–Trinajstić information content (AvgIpc) is 3.22. The van der Waals surface area contributed by atoms with E-state index < -0.39 is 0 Å². The van der Waals surface area contributed by atoms with Crippen molar-refractivity contribution in [2.75, 3.05) is 0 Å². The summed E-state index contributed by atoms with van der Waals surface area (Å²) < 4.78 is 7.32. The first kappa shape index (κ1) is 16.5. The van der Waals surface area contributed by atoms with Gasteiger partial charge >= 0.3 is 0 Å². The van der Waals surface area contributed by atoms with Crippen LogP contribution in [0.5, 0.6) is 5.75 Å². The third-order valence-electron chi connectivity index (χ3n) is 4.88. The van der Waals surface area contributed by atoms with E-state index in [1.54, 1.807) is 11.3 Å². The highest BCUT2D eigenvalue weighted by atomic mass is 32.1. The van der Waals surface area contributed by atoms with E-state index in [2.05, 4.69) is 75.4 Å². The molecule has 0 amide bonds. The molecule has 134 valence electrons. The Balaban J connectivity index is 1.65. The third-order valence-corrected chi connectivity index (χ3v) is 5.93. The fourth-order valence-corrected chi connectivity index (χ4v) is 4.84. The van der Waals surface area contributed by atoms with Gasteiger partial charge in [0, 0.05) is 5.56 Å². The number of fused-ring (bicyclic) bond motifs is 4. The molecule has 0 saturated heterocycles. The van der Waals surface area contributed by atoms with Crippen molar-refractivity contribution in [2.24, 2.45) is 0 Å². The van der Waals surface area contributed by atoms with Gasteiger partial charge in [-0.2, -0.15) is 0 Å². The molecule has 0 fully saturated rings. The first-order valence-corrected chi connectivity index (χ1v) is 10.1. The Bertz CT molecular complexity index is 1170. The molecule has 1 heterocycles. The van der Waals surface area contributed by atoms with Crippen LogP contribution in [-0.4, -0.2) is 10.6 Å². The SMILES string of the molecule is CC(C)(C)Oc1cccc2sc(-c3cccc4c3Cc3ccccc3-4)nc12. The van der Waals surface area contributed by atoms with E-state index >= 15 is 0 Å². The molecule has 5 rings (SSSR count). The summed E-state index contributed by atoms with van der Waals surface area (Å²) in [5.74, 6) is 0.860. The first-order chi connectivity index (χ1) is 13.0. The van der Waals surface area contributed by atoms with Crippen LogP contribution >= 0.6 is 11.3 Å². The molecule has 3 aromatic carbocycles. The van der Waals surface area contributed by atoms with Gasteiger partial charge in [-0.1, -0.05) is 48.5 Å². The molecular formula is C24H21NOS. The summed E-state index contributed by atoms with van der Waals surface area (Å²) in [6, 6.07) is 21.5. The summed E-state index contributed by atoms with van der Waals surface area (Å²) in [6.45, 7) is 6.21. The fraction of sp³-hybridized carbons (Fsp3) is 0.208. The van der Waals surface area contributed by atoms with Crippen molar-refractivity contribution in [3.63, 3.8) is 0 Å². The summed E-state index contributed by atoms with van der Waals surface area (Å²) >= 11 is 1.74. The van der Waals surface area contributed by atoms with Crippen LogP contribution < -0.4 is 4.74 Å². The quantitative estimate of drug-likeness (QED) is 0.344. The molecule has 0 N–H and O–H groups in total. The molecule has 1 aliphatic rings. The van der Waals surface area contributed by atoms with Gasteiger partial charge in [-0.15, -0.1) is 11.3 Å². The number of rotatable bonds is 2. The minimum Gasteiger partial charge on any atom is -0.486 e. The molecule has 0 atom stereocenters. The number of aromatic nitrogens is 1. The van der Waals surface area contributed by atoms with Crippen LogP contribution in [0, 0.1) is 0 Å². The van der Waals surface area contributed by atoms with Gasteiger partial charge in [0.2, 0.25) is 0 Å². The van der Waals surface area contributed by atoms with Gasteiger partial charge in [-0.05, 0) is 61.6 Å². The second kappa shape index (κ2) is 5.93. The standard InChI is InChI=1S/C24H21NOS/c1-24(2,3)26-20-12-7-13-21-22(20)25-23(27-21)18-11-6-10-17-16-9-5-4-8-15(16)14-19(17)18/h4-13H,14H2,1-3H3. The van der Waals surface area contributed by atoms with Gasteiger partial charge < -0.3 is 4.74 Å². The summed E-state index contributed by atoms with van der Waals surface area (Å²) in [7, 11) is 0. The van der Waals surface area contributed by atoms with Crippen molar-refractivity contribution >= 4 is 21.6 Å². The van der Waals surface area contributed by atoms with Crippen molar-refractivity contribution in [1.82, 2.24) is 4.98 Å². The van der Waals surface area contributed by atoms with Crippen LogP contribution in [0.15, 0.2) is 60.7 Å². The summed E-state index contributed by atoms with van der Waals surface area (Å²) in [5, 5.41) is 1.07. The highest BCUT2D eigenvalue weighted by Gasteiger charge is 2.23. The lowest BCUT2D eigenvalue weighted by atomic mass is 10.0. The maximum Gasteiger partial charge on any atom is 0.147 e. The molecule has 3 heteroatoms. The average molecular weight is 372 g/mol. The molecule has 0 unspecified atom stereocenters. The first-order valence-electron chi connectivity index (χ1n) is 9.29.